The molecule has 1 aliphatic heterocycles. The van der Waals surface area contributed by atoms with Crippen LogP contribution in [0.4, 0.5) is 0 Å². The number of hydrogen-bond acceptors (Lipinski definition) is 4. The van der Waals surface area contributed by atoms with Crippen molar-refractivity contribution < 1.29 is 16.5 Å². The van der Waals surface area contributed by atoms with Gasteiger partial charge in [-0.15, -0.1) is 0 Å². The van der Waals surface area contributed by atoms with Crippen LogP contribution in [-0.4, -0.2) is 34.2 Å². The van der Waals surface area contributed by atoms with Crippen LogP contribution in [0.5, 0.6) is 0 Å². The maximum Gasteiger partial charge on any atom is 0.320 e. The van der Waals surface area contributed by atoms with Gasteiger partial charge in [0.1, 0.15) is 0 Å². The fourth-order valence-electron chi connectivity index (χ4n) is 15.0. The molecule has 0 aromatic rings. The topological polar surface area (TPSA) is 36.9 Å². The predicted octanol–water partition coefficient (Wildman–Crippen LogP) is 31.0. The molecular formula is C80H168O4Si4. The van der Waals surface area contributed by atoms with Crippen molar-refractivity contribution in [1.29, 1.82) is 0 Å². The summed E-state index contributed by atoms with van der Waals surface area (Å²) < 4.78 is 35.9. The normalized spacial score (nSPS) is 15.5. The Bertz CT molecular complexity index is 1070. The molecule has 528 valence electrons. The minimum Gasteiger partial charge on any atom is -0.415 e. The van der Waals surface area contributed by atoms with Gasteiger partial charge in [-0.1, -0.05) is 466 Å². The van der Waals surface area contributed by atoms with Crippen LogP contribution in [0, 0.1) is 0 Å². The molecule has 0 spiro atoms. The predicted molar refractivity (Wildman–Crippen MR) is 407 cm³/mol. The lowest BCUT2D eigenvalue weighted by Crippen LogP contribution is -2.70. The SMILES string of the molecule is CCCCCCCCCC[Si]1(CCCCCCCCCC)O[Si](CCCCCCCCCC)(CCCCCCCCCC)O[Si](CCCCCCCCCC)(CCCCCCCCCC)O[Si](CCCCCCCCCC)(CCCCCCCCCC)O1. The highest BCUT2D eigenvalue weighted by Gasteiger charge is 2.61. The fourth-order valence-corrected chi connectivity index (χ4v) is 41.8. The van der Waals surface area contributed by atoms with Gasteiger partial charge >= 0.3 is 34.2 Å². The molecule has 1 aliphatic rings. The maximum absolute atomic E-state index is 8.97. The lowest BCUT2D eigenvalue weighted by molar-refractivity contribution is 0.201. The van der Waals surface area contributed by atoms with Crippen LogP contribution in [0.2, 0.25) is 48.4 Å². The molecule has 0 aromatic heterocycles. The van der Waals surface area contributed by atoms with Crippen molar-refractivity contribution in [2.24, 2.45) is 0 Å². The molecule has 0 saturated carbocycles. The van der Waals surface area contributed by atoms with Gasteiger partial charge in [-0.3, -0.25) is 0 Å². The highest BCUT2D eigenvalue weighted by molar-refractivity contribution is 6.95. The minimum atomic E-state index is -2.85. The molecule has 4 nitrogen and oxygen atoms in total. The monoisotopic (exact) mass is 1310 g/mol. The lowest BCUT2D eigenvalue weighted by Gasteiger charge is -2.54. The second kappa shape index (κ2) is 65.0. The molecule has 88 heavy (non-hydrogen) atoms. The van der Waals surface area contributed by atoms with Crippen molar-refractivity contribution in [3.63, 3.8) is 0 Å². The lowest BCUT2D eigenvalue weighted by atomic mass is 10.1. The highest BCUT2D eigenvalue weighted by Crippen LogP contribution is 2.47. The zero-order valence-electron chi connectivity index (χ0n) is 62.5. The van der Waals surface area contributed by atoms with E-state index in [9.17, 15) is 0 Å². The largest absolute Gasteiger partial charge is 0.415 e. The second-order valence-corrected chi connectivity index (χ2v) is 44.4. The summed E-state index contributed by atoms with van der Waals surface area (Å²) in [5, 5.41) is 0. The van der Waals surface area contributed by atoms with E-state index in [1.807, 2.05) is 0 Å². The molecule has 0 aromatic carbocycles. The molecule has 0 unspecified atom stereocenters. The van der Waals surface area contributed by atoms with E-state index in [-0.39, 0.29) is 0 Å². The Kier molecular flexibility index (Phi) is 64.1. The Morgan fingerprint density at radius 1 is 0.114 bits per heavy atom. The number of rotatable bonds is 72. The first-order valence-electron chi connectivity index (χ1n) is 42.1. The average Bonchev–Trinajstić information content (AvgIpc) is 1.59. The summed E-state index contributed by atoms with van der Waals surface area (Å²) in [4.78, 5) is 0. The van der Waals surface area contributed by atoms with Gasteiger partial charge in [-0.05, 0) is 48.4 Å². The third kappa shape index (κ3) is 50.1. The Morgan fingerprint density at radius 2 is 0.193 bits per heavy atom. The van der Waals surface area contributed by atoms with Gasteiger partial charge in [0.25, 0.3) is 0 Å². The highest BCUT2D eigenvalue weighted by atomic mass is 28.5. The van der Waals surface area contributed by atoms with Crippen molar-refractivity contribution in [3.8, 4) is 0 Å². The summed E-state index contributed by atoms with van der Waals surface area (Å²) in [6, 6.07) is 9.58. The number of unbranched alkanes of at least 4 members (excludes halogenated alkanes) is 56. The van der Waals surface area contributed by atoms with Gasteiger partial charge in [0, 0.05) is 0 Å². The average molecular weight is 1310 g/mol. The van der Waals surface area contributed by atoms with E-state index in [1.54, 1.807) is 0 Å². The standard InChI is InChI=1S/C80H168O4Si4/c1-9-17-25-33-41-49-57-65-73-85(74-66-58-50-42-34-26-18-10-2)81-86(75-67-59-51-43-35-27-19-11-3,76-68-60-52-44-36-28-20-12-4)83-88(79-71-63-55-47-39-31-23-15-7,80-72-64-56-48-40-32-24-16-8)84-87(82-85,77-69-61-53-45-37-29-21-13-5)78-70-62-54-46-38-30-22-14-6/h9-80H2,1-8H3. The van der Waals surface area contributed by atoms with Crippen molar-refractivity contribution in [2.45, 2.75) is 515 Å². The van der Waals surface area contributed by atoms with Gasteiger partial charge in [0.2, 0.25) is 0 Å². The first-order chi connectivity index (χ1) is 43.3. The van der Waals surface area contributed by atoms with Crippen LogP contribution in [0.15, 0.2) is 0 Å². The van der Waals surface area contributed by atoms with Crippen LogP contribution < -0.4 is 0 Å². The molecular weight excluding hydrogens is 1140 g/mol. The van der Waals surface area contributed by atoms with Crippen LogP contribution >= 0.6 is 0 Å². The molecule has 0 bridgehead atoms. The zero-order chi connectivity index (χ0) is 63.7. The molecule has 0 radical (unpaired) electrons. The smallest absolute Gasteiger partial charge is 0.320 e. The van der Waals surface area contributed by atoms with Gasteiger partial charge in [0.15, 0.2) is 0 Å². The van der Waals surface area contributed by atoms with E-state index in [4.69, 9.17) is 16.5 Å². The summed E-state index contributed by atoms with van der Waals surface area (Å²) in [6.45, 7) is 19.0. The van der Waals surface area contributed by atoms with E-state index in [1.165, 1.54) is 459 Å². The van der Waals surface area contributed by atoms with E-state index in [0.717, 1.165) is 0 Å². The molecule has 1 heterocycles. The summed E-state index contributed by atoms with van der Waals surface area (Å²) in [5.41, 5.74) is 0. The summed E-state index contributed by atoms with van der Waals surface area (Å²) in [6.07, 6.45) is 87.7. The Morgan fingerprint density at radius 3 is 0.284 bits per heavy atom. The first-order valence-corrected chi connectivity index (χ1v) is 51.0. The molecule has 0 N–H and O–H groups in total. The van der Waals surface area contributed by atoms with E-state index in [0.29, 0.717) is 0 Å². The minimum absolute atomic E-state index is 1.20. The van der Waals surface area contributed by atoms with Crippen molar-refractivity contribution in [2.75, 3.05) is 0 Å². The van der Waals surface area contributed by atoms with Gasteiger partial charge < -0.3 is 16.5 Å². The second-order valence-electron chi connectivity index (χ2n) is 29.8. The van der Waals surface area contributed by atoms with Crippen molar-refractivity contribution >= 4 is 34.2 Å². The van der Waals surface area contributed by atoms with Crippen LogP contribution in [0.3, 0.4) is 0 Å². The third-order valence-corrected chi connectivity index (χ3v) is 41.6. The zero-order valence-corrected chi connectivity index (χ0v) is 66.5. The molecule has 0 aliphatic carbocycles. The summed E-state index contributed by atoms with van der Waals surface area (Å²) in [7, 11) is -11.4. The molecule has 1 rings (SSSR count). The van der Waals surface area contributed by atoms with Gasteiger partial charge in [-0.2, -0.15) is 0 Å². The quantitative estimate of drug-likeness (QED) is 0.0449. The van der Waals surface area contributed by atoms with Gasteiger partial charge in [0.05, 0.1) is 0 Å². The summed E-state index contributed by atoms with van der Waals surface area (Å²) >= 11 is 0. The maximum atomic E-state index is 8.97. The van der Waals surface area contributed by atoms with Crippen molar-refractivity contribution in [1.82, 2.24) is 0 Å². The van der Waals surface area contributed by atoms with Crippen LogP contribution in [0.25, 0.3) is 0 Å². The first kappa shape index (κ1) is 86.7. The van der Waals surface area contributed by atoms with Crippen molar-refractivity contribution in [3.05, 3.63) is 0 Å². The summed E-state index contributed by atoms with van der Waals surface area (Å²) in [5.74, 6) is 0. The molecule has 1 fully saturated rings. The Labute approximate surface area is 562 Å². The van der Waals surface area contributed by atoms with Gasteiger partial charge in [-0.25, -0.2) is 0 Å². The van der Waals surface area contributed by atoms with Crippen LogP contribution in [0.1, 0.15) is 466 Å². The number of hydrogen-bond donors (Lipinski definition) is 0. The molecule has 0 amide bonds. The third-order valence-electron chi connectivity index (χ3n) is 20.8. The Hall–Kier alpha value is 0.708. The fraction of sp³-hybridized carbons (Fsp3) is 1.00. The van der Waals surface area contributed by atoms with E-state index < -0.39 is 34.2 Å². The molecule has 8 heteroatoms. The Balaban J connectivity index is 4.34. The molecule has 0 atom stereocenters. The molecule has 1 saturated heterocycles. The van der Waals surface area contributed by atoms with Crippen LogP contribution in [-0.2, 0) is 16.5 Å². The van der Waals surface area contributed by atoms with E-state index in [2.05, 4.69) is 55.4 Å². The van der Waals surface area contributed by atoms with E-state index >= 15 is 0 Å².